The molecule has 19 heavy (non-hydrogen) atoms. The Labute approximate surface area is 111 Å². The lowest BCUT2D eigenvalue weighted by Crippen LogP contribution is -2.46. The number of urea groups is 1. The number of carboxylic acid groups (broad SMARTS) is 1. The summed E-state index contributed by atoms with van der Waals surface area (Å²) in [5.41, 5.74) is 0.678. The first-order valence-corrected chi connectivity index (χ1v) is 5.97. The van der Waals surface area contributed by atoms with Gasteiger partial charge in [-0.3, -0.25) is 0 Å². The highest BCUT2D eigenvalue weighted by molar-refractivity contribution is 5.82. The molecule has 1 unspecified atom stereocenters. The lowest BCUT2D eigenvalue weighted by atomic mass is 10.2. The van der Waals surface area contributed by atoms with Crippen molar-refractivity contribution in [3.8, 4) is 0 Å². The van der Waals surface area contributed by atoms with Crippen molar-refractivity contribution in [1.82, 2.24) is 20.2 Å². The highest BCUT2D eigenvalue weighted by Crippen LogP contribution is 2.03. The zero-order valence-corrected chi connectivity index (χ0v) is 11.3. The molecule has 1 rings (SSSR count). The Morgan fingerprint density at radius 1 is 1.53 bits per heavy atom. The van der Waals surface area contributed by atoms with E-state index in [9.17, 15) is 9.59 Å². The van der Waals surface area contributed by atoms with Gasteiger partial charge in [0, 0.05) is 13.2 Å². The molecule has 1 atom stereocenters. The summed E-state index contributed by atoms with van der Waals surface area (Å²) in [6, 6.07) is 0.430. The lowest BCUT2D eigenvalue weighted by molar-refractivity contribution is -0.141. The number of rotatable bonds is 5. The third kappa shape index (κ3) is 4.20. The van der Waals surface area contributed by atoms with E-state index in [4.69, 9.17) is 5.11 Å². The predicted octanol–water partition coefficient (Wildman–Crippen LogP) is 0.790. The molecule has 0 bridgehead atoms. The molecule has 0 aliphatic rings. The van der Waals surface area contributed by atoms with E-state index in [1.807, 2.05) is 0 Å². The minimum absolute atomic E-state index is 0.239. The first-order valence-electron chi connectivity index (χ1n) is 5.97. The van der Waals surface area contributed by atoms with E-state index in [0.29, 0.717) is 17.9 Å². The maximum Gasteiger partial charge on any atom is 0.326 e. The number of hydrogen-bond acceptors (Lipinski definition) is 4. The molecule has 104 valence electrons. The van der Waals surface area contributed by atoms with E-state index in [1.54, 1.807) is 26.1 Å². The van der Waals surface area contributed by atoms with Crippen LogP contribution in [0.25, 0.3) is 0 Å². The van der Waals surface area contributed by atoms with Crippen LogP contribution in [0.2, 0.25) is 0 Å². The van der Waals surface area contributed by atoms with E-state index in [2.05, 4.69) is 15.3 Å². The van der Waals surface area contributed by atoms with Gasteiger partial charge in [0.15, 0.2) is 0 Å². The summed E-state index contributed by atoms with van der Waals surface area (Å²) in [5.74, 6) is -0.393. The van der Waals surface area contributed by atoms with Crippen LogP contribution in [0, 0.1) is 6.92 Å². The monoisotopic (exact) mass is 266 g/mol. The van der Waals surface area contributed by atoms with Gasteiger partial charge in [0.05, 0.1) is 12.2 Å². The number of aromatic nitrogens is 2. The molecule has 2 amide bonds. The Bertz CT molecular complexity index is 464. The maximum absolute atomic E-state index is 11.8. The smallest absolute Gasteiger partial charge is 0.326 e. The van der Waals surface area contributed by atoms with Crippen molar-refractivity contribution in [3.05, 3.63) is 23.8 Å². The number of amides is 2. The second-order valence-electron chi connectivity index (χ2n) is 4.13. The highest BCUT2D eigenvalue weighted by Gasteiger charge is 2.24. The minimum atomic E-state index is -1.02. The summed E-state index contributed by atoms with van der Waals surface area (Å²) in [6.07, 6.45) is 1.96. The number of hydrogen-bond donors (Lipinski definition) is 2. The van der Waals surface area contributed by atoms with Crippen molar-refractivity contribution in [2.45, 2.75) is 32.9 Å². The third-order valence-electron chi connectivity index (χ3n) is 2.71. The van der Waals surface area contributed by atoms with Crippen molar-refractivity contribution in [3.63, 3.8) is 0 Å². The number of aryl methyl sites for hydroxylation is 1. The second kappa shape index (κ2) is 6.67. The summed E-state index contributed by atoms with van der Waals surface area (Å²) in [4.78, 5) is 32.0. The first kappa shape index (κ1) is 14.9. The van der Waals surface area contributed by atoms with Crippen LogP contribution in [0.4, 0.5) is 4.79 Å². The van der Waals surface area contributed by atoms with Gasteiger partial charge in [-0.05, 0) is 19.4 Å². The van der Waals surface area contributed by atoms with Gasteiger partial charge in [0.1, 0.15) is 11.9 Å². The van der Waals surface area contributed by atoms with E-state index in [0.717, 1.165) is 0 Å². The normalized spacial score (nSPS) is 11.7. The van der Waals surface area contributed by atoms with E-state index < -0.39 is 18.0 Å². The van der Waals surface area contributed by atoms with Crippen LogP contribution in [0.15, 0.2) is 12.3 Å². The Kier molecular flexibility index (Phi) is 5.23. The predicted molar refractivity (Wildman–Crippen MR) is 68.5 cm³/mol. The molecule has 2 N–H and O–H groups in total. The molecule has 0 fully saturated rings. The summed E-state index contributed by atoms with van der Waals surface area (Å²) in [6.45, 7) is 3.72. The zero-order chi connectivity index (χ0) is 14.4. The van der Waals surface area contributed by atoms with Crippen LogP contribution in [0.5, 0.6) is 0 Å². The molecule has 0 saturated carbocycles. The molecule has 0 spiro atoms. The number of aliphatic carboxylic acids is 1. The molecule has 0 aliphatic heterocycles. The number of nitrogens with zero attached hydrogens (tertiary/aromatic N) is 3. The zero-order valence-electron chi connectivity index (χ0n) is 11.3. The first-order chi connectivity index (χ1) is 8.95. The lowest BCUT2D eigenvalue weighted by Gasteiger charge is -2.23. The van der Waals surface area contributed by atoms with E-state index >= 15 is 0 Å². The molecule has 0 saturated heterocycles. The second-order valence-corrected chi connectivity index (χ2v) is 4.13. The molecule has 7 heteroatoms. The quantitative estimate of drug-likeness (QED) is 0.821. The highest BCUT2D eigenvalue weighted by atomic mass is 16.4. The van der Waals surface area contributed by atoms with E-state index in [-0.39, 0.29) is 6.54 Å². The van der Waals surface area contributed by atoms with Crippen LogP contribution < -0.4 is 5.32 Å². The van der Waals surface area contributed by atoms with Gasteiger partial charge >= 0.3 is 12.0 Å². The number of nitrogens with one attached hydrogen (secondary N) is 1. The molecular formula is C12H18N4O3. The summed E-state index contributed by atoms with van der Waals surface area (Å²) >= 11 is 0. The Morgan fingerprint density at radius 2 is 2.21 bits per heavy atom. The molecular weight excluding hydrogens is 248 g/mol. The number of likely N-dealkylation sites (N-methyl/N-ethyl adjacent to an activating group) is 1. The molecule has 1 aromatic rings. The van der Waals surface area contributed by atoms with Crippen LogP contribution in [0.3, 0.4) is 0 Å². The Morgan fingerprint density at radius 3 is 2.74 bits per heavy atom. The van der Waals surface area contributed by atoms with Gasteiger partial charge in [-0.2, -0.15) is 0 Å². The minimum Gasteiger partial charge on any atom is -0.480 e. The average Bonchev–Trinajstić information content (AvgIpc) is 2.36. The van der Waals surface area contributed by atoms with Crippen molar-refractivity contribution in [1.29, 1.82) is 0 Å². The van der Waals surface area contributed by atoms with Gasteiger partial charge < -0.3 is 15.3 Å². The van der Waals surface area contributed by atoms with Gasteiger partial charge in [-0.15, -0.1) is 0 Å². The summed E-state index contributed by atoms with van der Waals surface area (Å²) in [5, 5.41) is 11.6. The van der Waals surface area contributed by atoms with Gasteiger partial charge in [0.2, 0.25) is 0 Å². The molecule has 0 aliphatic carbocycles. The van der Waals surface area contributed by atoms with Crippen LogP contribution in [-0.4, -0.2) is 45.1 Å². The molecule has 0 radical (unpaired) electrons. The van der Waals surface area contributed by atoms with Crippen LogP contribution >= 0.6 is 0 Å². The van der Waals surface area contributed by atoms with Gasteiger partial charge in [-0.25, -0.2) is 19.6 Å². The van der Waals surface area contributed by atoms with Crippen molar-refractivity contribution in [2.75, 3.05) is 7.05 Å². The fraction of sp³-hybridized carbons (Fsp3) is 0.500. The van der Waals surface area contributed by atoms with Gasteiger partial charge in [-0.1, -0.05) is 6.92 Å². The van der Waals surface area contributed by atoms with Crippen LogP contribution in [-0.2, 0) is 11.3 Å². The molecule has 1 aromatic heterocycles. The number of carbonyl (C=O) groups excluding carboxylic acids is 1. The molecule has 1 heterocycles. The Balaban J connectivity index is 2.57. The van der Waals surface area contributed by atoms with Crippen LogP contribution in [0.1, 0.15) is 24.9 Å². The molecule has 7 nitrogen and oxygen atoms in total. The Hall–Kier alpha value is -2.18. The van der Waals surface area contributed by atoms with E-state index in [1.165, 1.54) is 11.9 Å². The molecule has 0 aromatic carbocycles. The number of carboxylic acids is 1. The van der Waals surface area contributed by atoms with Crippen molar-refractivity contribution >= 4 is 12.0 Å². The topological polar surface area (TPSA) is 95.4 Å². The summed E-state index contributed by atoms with van der Waals surface area (Å²) < 4.78 is 0. The largest absolute Gasteiger partial charge is 0.480 e. The third-order valence-corrected chi connectivity index (χ3v) is 2.71. The van der Waals surface area contributed by atoms with Crippen molar-refractivity contribution in [2.24, 2.45) is 0 Å². The van der Waals surface area contributed by atoms with Gasteiger partial charge in [0.25, 0.3) is 0 Å². The van der Waals surface area contributed by atoms with Crippen molar-refractivity contribution < 1.29 is 14.7 Å². The number of carbonyl (C=O) groups is 2. The SMILES string of the molecule is CCC(C(=O)O)N(C)C(=O)NCc1ccnc(C)n1. The fourth-order valence-electron chi connectivity index (χ4n) is 1.65. The average molecular weight is 266 g/mol. The summed E-state index contributed by atoms with van der Waals surface area (Å²) in [7, 11) is 1.46. The fourth-order valence-corrected chi connectivity index (χ4v) is 1.65. The standard InChI is InChI=1S/C12H18N4O3/c1-4-10(11(17)18)16(3)12(19)14-7-9-5-6-13-8(2)15-9/h5-6,10H,4,7H2,1-3H3,(H,14,19)(H,17,18). The maximum atomic E-state index is 11.8.